The van der Waals surface area contributed by atoms with E-state index in [0.29, 0.717) is 31.5 Å². The summed E-state index contributed by atoms with van der Waals surface area (Å²) in [7, 11) is 4.30. The van der Waals surface area contributed by atoms with Crippen molar-refractivity contribution in [2.45, 2.75) is 25.3 Å². The number of rotatable bonds is 3. The quantitative estimate of drug-likeness (QED) is 0.724. The molecule has 2 aliphatic heterocycles. The Hall–Kier alpha value is -0.450. The molecular weight excluding hydrogens is 216 g/mol. The maximum absolute atomic E-state index is 11.7. The molecule has 0 bridgehead atoms. The van der Waals surface area contributed by atoms with Gasteiger partial charge in [-0.15, -0.1) is 0 Å². The Morgan fingerprint density at radius 2 is 2.06 bits per heavy atom. The van der Waals surface area contributed by atoms with E-state index in [4.69, 9.17) is 4.74 Å². The highest BCUT2D eigenvalue weighted by atomic mass is 16.5. The first kappa shape index (κ1) is 13.0. The third kappa shape index (κ3) is 3.50. The van der Waals surface area contributed by atoms with Crippen molar-refractivity contribution in [3.8, 4) is 0 Å². The van der Waals surface area contributed by atoms with Gasteiger partial charge in [-0.3, -0.25) is 4.79 Å². The third-order valence-electron chi connectivity index (χ3n) is 4.03. The molecular formula is C13H24N2O2. The van der Waals surface area contributed by atoms with Crippen LogP contribution in [0.25, 0.3) is 0 Å². The zero-order chi connectivity index (χ0) is 12.3. The second kappa shape index (κ2) is 5.94. The maximum Gasteiger partial charge on any atom is 0.141 e. The van der Waals surface area contributed by atoms with E-state index in [2.05, 4.69) is 23.9 Å². The number of nitrogens with zero attached hydrogens (tertiary/aromatic N) is 2. The first-order chi connectivity index (χ1) is 8.16. The number of Topliss-reactive ketones (excluding diaryl/α,β-unsaturated/α-hetero) is 1. The highest BCUT2D eigenvalue weighted by Crippen LogP contribution is 2.17. The number of likely N-dealkylation sites (tertiary alicyclic amines) is 1. The molecule has 0 aromatic rings. The fraction of sp³-hybridized carbons (Fsp3) is 0.923. The van der Waals surface area contributed by atoms with Gasteiger partial charge in [0.05, 0.1) is 19.1 Å². The van der Waals surface area contributed by atoms with Gasteiger partial charge in [0.15, 0.2) is 0 Å². The molecule has 1 unspecified atom stereocenters. The van der Waals surface area contributed by atoms with Gasteiger partial charge < -0.3 is 14.5 Å². The molecule has 0 saturated carbocycles. The molecule has 0 aromatic heterocycles. The highest BCUT2D eigenvalue weighted by molar-refractivity contribution is 5.82. The monoisotopic (exact) mass is 240 g/mol. The van der Waals surface area contributed by atoms with Gasteiger partial charge in [0.1, 0.15) is 5.78 Å². The molecule has 0 aliphatic carbocycles. The molecule has 0 amide bonds. The predicted octanol–water partition coefficient (Wildman–Crippen LogP) is 0.618. The van der Waals surface area contributed by atoms with Crippen LogP contribution >= 0.6 is 0 Å². The first-order valence-corrected chi connectivity index (χ1v) is 6.66. The van der Waals surface area contributed by atoms with Crippen molar-refractivity contribution in [2.24, 2.45) is 5.92 Å². The Morgan fingerprint density at radius 1 is 1.35 bits per heavy atom. The Bertz CT molecular complexity index is 260. The van der Waals surface area contributed by atoms with E-state index in [0.717, 1.165) is 19.6 Å². The van der Waals surface area contributed by atoms with E-state index >= 15 is 0 Å². The van der Waals surface area contributed by atoms with E-state index in [-0.39, 0.29) is 5.92 Å². The zero-order valence-electron chi connectivity index (χ0n) is 11.0. The highest BCUT2D eigenvalue weighted by Gasteiger charge is 2.27. The molecule has 2 heterocycles. The van der Waals surface area contributed by atoms with Crippen LogP contribution in [0.4, 0.5) is 0 Å². The lowest BCUT2D eigenvalue weighted by molar-refractivity contribution is -0.131. The van der Waals surface area contributed by atoms with Gasteiger partial charge >= 0.3 is 0 Å². The molecule has 0 radical (unpaired) electrons. The summed E-state index contributed by atoms with van der Waals surface area (Å²) in [6.45, 7) is 4.39. The largest absolute Gasteiger partial charge is 0.380 e. The van der Waals surface area contributed by atoms with Crippen molar-refractivity contribution in [3.63, 3.8) is 0 Å². The zero-order valence-corrected chi connectivity index (χ0v) is 11.0. The van der Waals surface area contributed by atoms with Gasteiger partial charge in [0.2, 0.25) is 0 Å². The summed E-state index contributed by atoms with van der Waals surface area (Å²) in [5.41, 5.74) is 0. The molecule has 1 atom stereocenters. The number of piperidine rings is 1. The molecule has 17 heavy (non-hydrogen) atoms. The van der Waals surface area contributed by atoms with Gasteiger partial charge in [-0.25, -0.2) is 0 Å². The van der Waals surface area contributed by atoms with Crippen molar-refractivity contribution in [3.05, 3.63) is 0 Å². The summed E-state index contributed by atoms with van der Waals surface area (Å²) in [5.74, 6) is 0.519. The van der Waals surface area contributed by atoms with Crippen LogP contribution in [0.3, 0.4) is 0 Å². The molecule has 0 spiro atoms. The lowest BCUT2D eigenvalue weighted by Gasteiger charge is -2.37. The van der Waals surface area contributed by atoms with Crippen LogP contribution in [0.5, 0.6) is 0 Å². The summed E-state index contributed by atoms with van der Waals surface area (Å²) in [6, 6.07) is 0.713. The van der Waals surface area contributed by atoms with E-state index in [9.17, 15) is 4.79 Å². The van der Waals surface area contributed by atoms with Gasteiger partial charge in [0.25, 0.3) is 0 Å². The molecule has 2 fully saturated rings. The predicted molar refractivity (Wildman–Crippen MR) is 67.1 cm³/mol. The number of ether oxygens (including phenoxy) is 1. The number of hydrogen-bond acceptors (Lipinski definition) is 4. The number of hydrogen-bond donors (Lipinski definition) is 0. The van der Waals surface area contributed by atoms with Crippen molar-refractivity contribution in [1.82, 2.24) is 9.80 Å². The minimum atomic E-state index is 0.125. The smallest absolute Gasteiger partial charge is 0.141 e. The van der Waals surface area contributed by atoms with Crippen LogP contribution in [0.1, 0.15) is 19.3 Å². The van der Waals surface area contributed by atoms with E-state index < -0.39 is 0 Å². The summed E-state index contributed by atoms with van der Waals surface area (Å²) in [5, 5.41) is 0. The summed E-state index contributed by atoms with van der Waals surface area (Å²) >= 11 is 0. The summed E-state index contributed by atoms with van der Waals surface area (Å²) in [6.07, 6.45) is 3.04. The molecule has 4 heteroatoms. The average molecular weight is 240 g/mol. The normalized spacial score (nSPS) is 28.9. The van der Waals surface area contributed by atoms with Gasteiger partial charge in [-0.05, 0) is 40.0 Å². The standard InChI is InChI=1S/C13H24N2O2/c1-14(2)12-3-6-15(7-4-12)9-11-10-17-8-5-13(11)16/h11-12H,3-10H2,1-2H3. The Labute approximate surface area is 104 Å². The molecule has 2 aliphatic rings. The van der Waals surface area contributed by atoms with E-state index in [1.807, 2.05) is 0 Å². The summed E-state index contributed by atoms with van der Waals surface area (Å²) < 4.78 is 5.40. The third-order valence-corrected chi connectivity index (χ3v) is 4.03. The first-order valence-electron chi connectivity index (χ1n) is 6.66. The Morgan fingerprint density at radius 3 is 2.65 bits per heavy atom. The number of ketones is 1. The van der Waals surface area contributed by atoms with E-state index in [1.165, 1.54) is 12.8 Å². The van der Waals surface area contributed by atoms with Crippen LogP contribution in [-0.4, -0.2) is 68.6 Å². The lowest BCUT2D eigenvalue weighted by atomic mass is 9.97. The fourth-order valence-electron chi connectivity index (χ4n) is 2.78. The van der Waals surface area contributed by atoms with Crippen molar-refractivity contribution >= 4 is 5.78 Å². The molecule has 4 nitrogen and oxygen atoms in total. The maximum atomic E-state index is 11.7. The van der Waals surface area contributed by atoms with E-state index in [1.54, 1.807) is 0 Å². The molecule has 2 saturated heterocycles. The molecule has 0 N–H and O–H groups in total. The van der Waals surface area contributed by atoms with Crippen LogP contribution in [0.15, 0.2) is 0 Å². The number of carbonyl (C=O) groups is 1. The second-order valence-electron chi connectivity index (χ2n) is 5.48. The molecule has 0 aromatic carbocycles. The van der Waals surface area contributed by atoms with Crippen molar-refractivity contribution in [1.29, 1.82) is 0 Å². The van der Waals surface area contributed by atoms with Crippen LogP contribution in [-0.2, 0) is 9.53 Å². The van der Waals surface area contributed by atoms with Gasteiger partial charge in [-0.2, -0.15) is 0 Å². The van der Waals surface area contributed by atoms with Gasteiger partial charge in [-0.1, -0.05) is 0 Å². The minimum absolute atomic E-state index is 0.125. The van der Waals surface area contributed by atoms with Crippen LogP contribution < -0.4 is 0 Å². The van der Waals surface area contributed by atoms with Crippen LogP contribution in [0, 0.1) is 5.92 Å². The van der Waals surface area contributed by atoms with Crippen molar-refractivity contribution < 1.29 is 9.53 Å². The summed E-state index contributed by atoms with van der Waals surface area (Å²) in [4.78, 5) is 16.5. The average Bonchev–Trinajstić information content (AvgIpc) is 2.33. The lowest BCUT2D eigenvalue weighted by Crippen LogP contribution is -2.46. The van der Waals surface area contributed by atoms with Crippen LogP contribution in [0.2, 0.25) is 0 Å². The topological polar surface area (TPSA) is 32.8 Å². The molecule has 98 valence electrons. The van der Waals surface area contributed by atoms with Crippen molar-refractivity contribution in [2.75, 3.05) is 46.9 Å². The SMILES string of the molecule is CN(C)C1CCN(CC2COCCC2=O)CC1. The second-order valence-corrected chi connectivity index (χ2v) is 5.48. The Balaban J connectivity index is 1.75. The molecule has 2 rings (SSSR count). The number of carbonyl (C=O) groups excluding carboxylic acids is 1. The Kier molecular flexibility index (Phi) is 4.54. The van der Waals surface area contributed by atoms with Gasteiger partial charge in [0, 0.05) is 19.0 Å². The fourth-order valence-corrected chi connectivity index (χ4v) is 2.78. The minimum Gasteiger partial charge on any atom is -0.380 e.